The van der Waals surface area contributed by atoms with E-state index in [0.29, 0.717) is 0 Å². The highest BCUT2D eigenvalue weighted by atomic mass is 28.1. The molecule has 14 heavy (non-hydrogen) atoms. The standard InChI is InChI=1S/2C4H9.C3H6O.2Al/c2*1-4(2)3;1-2-3-4;;/h2*4H,1H2,2-3H3;1-3H2;;/q;;-1;;+1. The van der Waals surface area contributed by atoms with Gasteiger partial charge in [-0.3, -0.25) is 0 Å². The van der Waals surface area contributed by atoms with Gasteiger partial charge in [0.25, 0.3) is 0 Å². The molecule has 1 saturated heterocycles. The molecule has 1 nitrogen and oxygen atoms in total. The monoisotopic (exact) mass is 226 g/mol. The lowest BCUT2D eigenvalue weighted by Gasteiger charge is -2.27. The van der Waals surface area contributed by atoms with Crippen molar-refractivity contribution < 1.29 is 3.79 Å². The lowest BCUT2D eigenvalue weighted by atomic mass is 10.3. The van der Waals surface area contributed by atoms with Gasteiger partial charge < -0.3 is 3.79 Å². The SMILES string of the molecule is CC(C)[CH2][Al]1[CH2]CC[O][Al]1[CH2]C(C)C. The van der Waals surface area contributed by atoms with Crippen LogP contribution in [0.5, 0.6) is 0 Å². The van der Waals surface area contributed by atoms with Crippen molar-refractivity contribution in [3.63, 3.8) is 0 Å². The third-order valence-electron chi connectivity index (χ3n) is 3.05. The third-order valence-corrected chi connectivity index (χ3v) is 15.2. The van der Waals surface area contributed by atoms with Crippen LogP contribution in [0.4, 0.5) is 0 Å². The second kappa shape index (κ2) is 6.57. The average Bonchev–Trinajstić information content (AvgIpc) is 2.06. The van der Waals surface area contributed by atoms with Crippen LogP contribution in [0.15, 0.2) is 0 Å². The van der Waals surface area contributed by atoms with Crippen LogP contribution in [0.2, 0.25) is 15.8 Å². The Morgan fingerprint density at radius 3 is 2.29 bits per heavy atom. The maximum Gasteiger partial charge on any atom is 0.377 e. The van der Waals surface area contributed by atoms with E-state index in [4.69, 9.17) is 3.79 Å². The van der Waals surface area contributed by atoms with E-state index < -0.39 is 24.8 Å². The quantitative estimate of drug-likeness (QED) is 0.668. The second-order valence-corrected chi connectivity index (χ2v) is 15.1. The van der Waals surface area contributed by atoms with Crippen LogP contribution in [0.3, 0.4) is 0 Å². The van der Waals surface area contributed by atoms with Crippen molar-refractivity contribution in [3.05, 3.63) is 0 Å². The first-order valence-electron chi connectivity index (χ1n) is 6.21. The zero-order chi connectivity index (χ0) is 10.6. The van der Waals surface area contributed by atoms with E-state index in [1.54, 1.807) is 10.6 Å². The molecule has 3 heteroatoms. The molecule has 0 saturated carbocycles. The van der Waals surface area contributed by atoms with Crippen LogP contribution >= 0.6 is 0 Å². The van der Waals surface area contributed by atoms with Gasteiger partial charge in [0.1, 0.15) is 0 Å². The molecule has 0 aromatic heterocycles. The summed E-state index contributed by atoms with van der Waals surface area (Å²) in [5.74, 6) is 1.78. The Morgan fingerprint density at radius 2 is 1.71 bits per heavy atom. The van der Waals surface area contributed by atoms with Gasteiger partial charge in [-0.05, 0) is 6.42 Å². The third kappa shape index (κ3) is 4.70. The molecular formula is C11H24Al2O. The number of rotatable bonds is 4. The Morgan fingerprint density at radius 1 is 1.07 bits per heavy atom. The maximum atomic E-state index is 6.10. The van der Waals surface area contributed by atoms with Gasteiger partial charge in [-0.25, -0.2) is 0 Å². The van der Waals surface area contributed by atoms with Crippen LogP contribution in [-0.2, 0) is 3.79 Å². The molecule has 0 atom stereocenters. The molecule has 0 amide bonds. The van der Waals surface area contributed by atoms with E-state index in [1.807, 2.05) is 0 Å². The van der Waals surface area contributed by atoms with Gasteiger partial charge in [-0.1, -0.05) is 55.4 Å². The second-order valence-electron chi connectivity index (χ2n) is 5.57. The Balaban J connectivity index is 2.41. The molecule has 0 aliphatic carbocycles. The number of hydrogen-bond donors (Lipinski definition) is 0. The highest BCUT2D eigenvalue weighted by molar-refractivity contribution is 7.19. The van der Waals surface area contributed by atoms with E-state index in [0.717, 1.165) is 18.4 Å². The molecule has 0 spiro atoms. The molecule has 0 unspecified atom stereocenters. The van der Waals surface area contributed by atoms with Gasteiger partial charge in [0.05, 0.1) is 0 Å². The van der Waals surface area contributed by atoms with E-state index in [1.165, 1.54) is 11.7 Å². The summed E-state index contributed by atoms with van der Waals surface area (Å²) in [7, 11) is 0. The van der Waals surface area contributed by atoms with Gasteiger partial charge in [-0.15, -0.1) is 0 Å². The molecule has 1 aliphatic heterocycles. The zero-order valence-corrected chi connectivity index (χ0v) is 12.6. The fourth-order valence-electron chi connectivity index (χ4n) is 2.50. The van der Waals surface area contributed by atoms with Crippen molar-refractivity contribution in [2.24, 2.45) is 11.8 Å². The topological polar surface area (TPSA) is 9.23 Å². The minimum absolute atomic E-state index is 0.438. The summed E-state index contributed by atoms with van der Waals surface area (Å²) in [5.41, 5.74) is 0. The summed E-state index contributed by atoms with van der Waals surface area (Å²) in [4.78, 5) is 0. The van der Waals surface area contributed by atoms with Gasteiger partial charge in [0, 0.05) is 6.61 Å². The molecule has 0 aromatic rings. The van der Waals surface area contributed by atoms with Crippen molar-refractivity contribution >= 4 is 24.8 Å². The Labute approximate surface area is 96.8 Å². The first kappa shape index (κ1) is 13.1. The Kier molecular flexibility index (Phi) is 6.15. The largest absolute Gasteiger partial charge is 0.509 e. The highest BCUT2D eigenvalue weighted by Crippen LogP contribution is 2.22. The first-order valence-corrected chi connectivity index (χ1v) is 11.8. The minimum Gasteiger partial charge on any atom is -0.509 e. The smallest absolute Gasteiger partial charge is 0.377 e. The molecule has 0 bridgehead atoms. The van der Waals surface area contributed by atoms with E-state index >= 15 is 0 Å². The Bertz CT molecular complexity index is 141. The normalized spacial score (nSPS) is 18.4. The van der Waals surface area contributed by atoms with Crippen LogP contribution in [0.1, 0.15) is 34.1 Å². The van der Waals surface area contributed by atoms with Crippen molar-refractivity contribution in [1.82, 2.24) is 0 Å². The summed E-state index contributed by atoms with van der Waals surface area (Å²) in [6.07, 6.45) is 1.37. The molecule has 1 fully saturated rings. The molecule has 1 aliphatic rings. The van der Waals surface area contributed by atoms with Crippen molar-refractivity contribution in [2.45, 2.75) is 50.0 Å². The first-order chi connectivity index (χ1) is 6.59. The lowest BCUT2D eigenvalue weighted by molar-refractivity contribution is 0.315. The van der Waals surface area contributed by atoms with Crippen LogP contribution in [-0.4, -0.2) is 31.4 Å². The summed E-state index contributed by atoms with van der Waals surface area (Å²) < 4.78 is 6.10. The maximum absolute atomic E-state index is 6.10. The molecular weight excluding hydrogens is 202 g/mol. The van der Waals surface area contributed by atoms with E-state index in [2.05, 4.69) is 27.7 Å². The van der Waals surface area contributed by atoms with Crippen LogP contribution < -0.4 is 0 Å². The van der Waals surface area contributed by atoms with Gasteiger partial charge >= 0.3 is 12.6 Å². The predicted molar refractivity (Wildman–Crippen MR) is 66.2 cm³/mol. The van der Waals surface area contributed by atoms with Crippen LogP contribution in [0, 0.1) is 11.8 Å². The summed E-state index contributed by atoms with van der Waals surface area (Å²) in [6.45, 7) is 10.5. The fraction of sp³-hybridized carbons (Fsp3) is 1.00. The molecule has 0 aromatic carbocycles. The summed E-state index contributed by atoms with van der Waals surface area (Å²) in [6, 6.07) is 0. The molecule has 1 heterocycles. The zero-order valence-electron chi connectivity index (χ0n) is 10.3. The van der Waals surface area contributed by atoms with Gasteiger partial charge in [0.2, 0.25) is 12.2 Å². The molecule has 0 radical (unpaired) electrons. The molecule has 0 N–H and O–H groups in total. The van der Waals surface area contributed by atoms with Crippen molar-refractivity contribution in [3.8, 4) is 0 Å². The Hall–Kier alpha value is 1.02. The summed E-state index contributed by atoms with van der Waals surface area (Å²) in [5, 5.41) is 4.58. The summed E-state index contributed by atoms with van der Waals surface area (Å²) >= 11 is -1.15. The predicted octanol–water partition coefficient (Wildman–Crippen LogP) is 3.28. The van der Waals surface area contributed by atoms with Crippen molar-refractivity contribution in [1.29, 1.82) is 0 Å². The lowest BCUT2D eigenvalue weighted by Crippen LogP contribution is -2.43. The van der Waals surface area contributed by atoms with E-state index in [-0.39, 0.29) is 0 Å². The fourth-order valence-corrected chi connectivity index (χ4v) is 15.9. The number of hydrogen-bond acceptors (Lipinski definition) is 1. The molecule has 1 rings (SSSR count). The molecule has 80 valence electrons. The van der Waals surface area contributed by atoms with Crippen molar-refractivity contribution in [2.75, 3.05) is 6.61 Å². The van der Waals surface area contributed by atoms with E-state index in [9.17, 15) is 0 Å². The van der Waals surface area contributed by atoms with Gasteiger partial charge in [0.15, 0.2) is 0 Å². The van der Waals surface area contributed by atoms with Crippen LogP contribution in [0.25, 0.3) is 0 Å². The van der Waals surface area contributed by atoms with Gasteiger partial charge in [-0.2, -0.15) is 0 Å². The highest BCUT2D eigenvalue weighted by Gasteiger charge is 2.38. The minimum atomic E-state index is -0.716. The average molecular weight is 226 g/mol.